The summed E-state index contributed by atoms with van der Waals surface area (Å²) in [5.41, 5.74) is 3.34. The van der Waals surface area contributed by atoms with Crippen molar-refractivity contribution in [2.75, 3.05) is 18.5 Å². The molecular weight excluding hydrogens is 362 g/mol. The van der Waals surface area contributed by atoms with E-state index in [1.165, 1.54) is 16.9 Å². The summed E-state index contributed by atoms with van der Waals surface area (Å²) in [7, 11) is 0. The molecule has 1 saturated heterocycles. The van der Waals surface area contributed by atoms with Gasteiger partial charge in [-0.1, -0.05) is 38.1 Å². The molecule has 1 atom stereocenters. The van der Waals surface area contributed by atoms with E-state index in [1.807, 2.05) is 17.5 Å². The van der Waals surface area contributed by atoms with Gasteiger partial charge in [-0.25, -0.2) is 4.79 Å². The maximum atomic E-state index is 12.6. The molecule has 0 spiro atoms. The first-order chi connectivity index (χ1) is 13.0. The number of hydrogen-bond acceptors (Lipinski definition) is 5. The molecule has 1 aliphatic rings. The third-order valence-electron chi connectivity index (χ3n) is 4.62. The molecule has 0 saturated carbocycles. The van der Waals surface area contributed by atoms with Crippen LogP contribution in [0.25, 0.3) is 11.1 Å². The van der Waals surface area contributed by atoms with Gasteiger partial charge in [0.25, 0.3) is 5.91 Å². The van der Waals surface area contributed by atoms with Crippen molar-refractivity contribution in [1.82, 2.24) is 0 Å². The Hall–Kier alpha value is -2.18. The minimum absolute atomic E-state index is 0.207. The Bertz CT molecular complexity index is 804. The van der Waals surface area contributed by atoms with Crippen LogP contribution >= 0.6 is 11.3 Å². The second-order valence-corrected chi connectivity index (χ2v) is 7.72. The van der Waals surface area contributed by atoms with Crippen molar-refractivity contribution in [2.45, 2.75) is 45.6 Å². The second kappa shape index (κ2) is 8.67. The molecule has 2 aromatic rings. The number of nitrogens with one attached hydrogen (secondary N) is 1. The first-order valence-corrected chi connectivity index (χ1v) is 10.2. The van der Waals surface area contributed by atoms with Gasteiger partial charge >= 0.3 is 5.97 Å². The summed E-state index contributed by atoms with van der Waals surface area (Å²) < 4.78 is 10.7. The molecule has 144 valence electrons. The van der Waals surface area contributed by atoms with Gasteiger partial charge in [-0.05, 0) is 36.8 Å². The Morgan fingerprint density at radius 1 is 1.30 bits per heavy atom. The minimum atomic E-state index is -0.448. The zero-order valence-corrected chi connectivity index (χ0v) is 16.7. The summed E-state index contributed by atoms with van der Waals surface area (Å²) >= 11 is 1.33. The fourth-order valence-electron chi connectivity index (χ4n) is 3.09. The maximum absolute atomic E-state index is 12.6. The molecule has 1 aromatic carbocycles. The van der Waals surface area contributed by atoms with Crippen LogP contribution in [0.4, 0.5) is 5.00 Å². The van der Waals surface area contributed by atoms with E-state index in [-0.39, 0.29) is 12.5 Å². The van der Waals surface area contributed by atoms with Gasteiger partial charge in [-0.3, -0.25) is 4.79 Å². The molecule has 1 aliphatic heterocycles. The molecule has 1 amide bonds. The molecule has 0 aliphatic carbocycles. The van der Waals surface area contributed by atoms with E-state index in [2.05, 4.69) is 31.3 Å². The first-order valence-electron chi connectivity index (χ1n) is 9.32. The van der Waals surface area contributed by atoms with E-state index in [9.17, 15) is 9.59 Å². The van der Waals surface area contributed by atoms with Crippen LogP contribution in [0.5, 0.6) is 0 Å². The Balaban J connectivity index is 1.92. The van der Waals surface area contributed by atoms with Crippen molar-refractivity contribution in [1.29, 1.82) is 0 Å². The molecule has 0 bridgehead atoms. The maximum Gasteiger partial charge on any atom is 0.341 e. The Morgan fingerprint density at radius 2 is 2.04 bits per heavy atom. The molecule has 27 heavy (non-hydrogen) atoms. The molecule has 0 unspecified atom stereocenters. The zero-order valence-electron chi connectivity index (χ0n) is 15.9. The van der Waals surface area contributed by atoms with Crippen LogP contribution in [0.1, 0.15) is 55.5 Å². The molecule has 6 heteroatoms. The fourth-order valence-corrected chi connectivity index (χ4v) is 4.05. The molecule has 1 fully saturated rings. The van der Waals surface area contributed by atoms with Gasteiger partial charge in [0, 0.05) is 17.6 Å². The van der Waals surface area contributed by atoms with Gasteiger partial charge in [0.1, 0.15) is 16.7 Å². The summed E-state index contributed by atoms with van der Waals surface area (Å²) in [4.78, 5) is 25.0. The molecule has 1 N–H and O–H groups in total. The van der Waals surface area contributed by atoms with Crippen molar-refractivity contribution in [3.63, 3.8) is 0 Å². The molecular formula is C21H25NO4S. The highest BCUT2D eigenvalue weighted by molar-refractivity contribution is 7.15. The lowest BCUT2D eigenvalue weighted by Gasteiger charge is -2.12. The third kappa shape index (κ3) is 4.39. The predicted octanol–water partition coefficient (Wildman–Crippen LogP) is 4.83. The first kappa shape index (κ1) is 19.6. The Labute approximate surface area is 163 Å². The van der Waals surface area contributed by atoms with Gasteiger partial charge < -0.3 is 14.8 Å². The lowest BCUT2D eigenvalue weighted by molar-refractivity contribution is -0.124. The van der Waals surface area contributed by atoms with Crippen LogP contribution in [-0.2, 0) is 14.3 Å². The van der Waals surface area contributed by atoms with Gasteiger partial charge in [0.15, 0.2) is 0 Å². The van der Waals surface area contributed by atoms with E-state index in [0.717, 1.165) is 17.5 Å². The SMILES string of the molecule is CCOC(=O)c1c(-c2ccc(C(C)C)cc2)csc1NC(=O)[C@H]1CCCO1. The topological polar surface area (TPSA) is 64.6 Å². The third-order valence-corrected chi connectivity index (χ3v) is 5.51. The van der Waals surface area contributed by atoms with Crippen molar-refractivity contribution in [2.24, 2.45) is 0 Å². The lowest BCUT2D eigenvalue weighted by Crippen LogP contribution is -2.27. The average molecular weight is 388 g/mol. The van der Waals surface area contributed by atoms with E-state index in [1.54, 1.807) is 6.92 Å². The number of hydrogen-bond donors (Lipinski definition) is 1. The van der Waals surface area contributed by atoms with Gasteiger partial charge in [0.05, 0.1) is 6.61 Å². The number of amides is 1. The molecule has 5 nitrogen and oxygen atoms in total. The minimum Gasteiger partial charge on any atom is -0.462 e. The van der Waals surface area contributed by atoms with Crippen LogP contribution in [0.3, 0.4) is 0 Å². The second-order valence-electron chi connectivity index (χ2n) is 6.84. The predicted molar refractivity (Wildman–Crippen MR) is 107 cm³/mol. The number of anilines is 1. The highest BCUT2D eigenvalue weighted by Gasteiger charge is 2.27. The van der Waals surface area contributed by atoms with E-state index >= 15 is 0 Å². The van der Waals surface area contributed by atoms with Crippen molar-refractivity contribution < 1.29 is 19.1 Å². The summed E-state index contributed by atoms with van der Waals surface area (Å²) in [5, 5.41) is 5.27. The number of carbonyl (C=O) groups excluding carboxylic acids is 2. The monoisotopic (exact) mass is 387 g/mol. The van der Waals surface area contributed by atoms with Crippen LogP contribution in [0, 0.1) is 0 Å². The molecule has 2 heterocycles. The number of thiophene rings is 1. The van der Waals surface area contributed by atoms with Gasteiger partial charge in [0.2, 0.25) is 0 Å². The van der Waals surface area contributed by atoms with E-state index in [4.69, 9.17) is 9.47 Å². The van der Waals surface area contributed by atoms with Crippen molar-refractivity contribution in [3.05, 3.63) is 40.8 Å². The largest absolute Gasteiger partial charge is 0.462 e. The smallest absolute Gasteiger partial charge is 0.341 e. The lowest BCUT2D eigenvalue weighted by atomic mass is 9.98. The molecule has 1 aromatic heterocycles. The van der Waals surface area contributed by atoms with Crippen molar-refractivity contribution >= 4 is 28.2 Å². The van der Waals surface area contributed by atoms with Crippen LogP contribution in [-0.4, -0.2) is 31.2 Å². The van der Waals surface area contributed by atoms with Crippen LogP contribution in [0.15, 0.2) is 29.6 Å². The number of rotatable bonds is 6. The summed E-state index contributed by atoms with van der Waals surface area (Å²) in [6, 6.07) is 8.14. The van der Waals surface area contributed by atoms with E-state index < -0.39 is 12.1 Å². The van der Waals surface area contributed by atoms with Gasteiger partial charge in [-0.2, -0.15) is 0 Å². The highest BCUT2D eigenvalue weighted by atomic mass is 32.1. The summed E-state index contributed by atoms with van der Waals surface area (Å²) in [6.07, 6.45) is 1.13. The number of benzene rings is 1. The Morgan fingerprint density at radius 3 is 2.63 bits per heavy atom. The van der Waals surface area contributed by atoms with Crippen LogP contribution in [0.2, 0.25) is 0 Å². The number of carbonyl (C=O) groups is 2. The molecule has 0 radical (unpaired) electrons. The standard InChI is InChI=1S/C21H25NO4S/c1-4-25-21(24)18-16(15-9-7-14(8-10-15)13(2)3)12-27-20(18)22-19(23)17-6-5-11-26-17/h7-10,12-13,17H,4-6,11H2,1-3H3,(H,22,23)/t17-/m1/s1. The molecule has 3 rings (SSSR count). The Kier molecular flexibility index (Phi) is 6.29. The average Bonchev–Trinajstić information content (AvgIpc) is 3.32. The summed E-state index contributed by atoms with van der Waals surface area (Å²) in [6.45, 7) is 6.93. The fraction of sp³-hybridized carbons (Fsp3) is 0.429. The number of ether oxygens (including phenoxy) is 2. The van der Waals surface area contributed by atoms with E-state index in [0.29, 0.717) is 29.5 Å². The van der Waals surface area contributed by atoms with Gasteiger partial charge in [-0.15, -0.1) is 11.3 Å². The number of esters is 1. The summed E-state index contributed by atoms with van der Waals surface area (Å²) in [5.74, 6) is -0.196. The van der Waals surface area contributed by atoms with Crippen molar-refractivity contribution in [3.8, 4) is 11.1 Å². The highest BCUT2D eigenvalue weighted by Crippen LogP contribution is 2.37. The normalized spacial score (nSPS) is 16.5. The zero-order chi connectivity index (χ0) is 19.4. The van der Waals surface area contributed by atoms with Crippen LogP contribution < -0.4 is 5.32 Å². The quantitative estimate of drug-likeness (QED) is 0.721.